The second-order valence-electron chi connectivity index (χ2n) is 8.05. The first-order valence-electron chi connectivity index (χ1n) is 9.03. The van der Waals surface area contributed by atoms with Crippen LogP contribution in [0, 0.1) is 0 Å². The number of pyridine rings is 1. The van der Waals surface area contributed by atoms with E-state index in [9.17, 15) is 14.5 Å². The van der Waals surface area contributed by atoms with Crippen LogP contribution in [0.3, 0.4) is 0 Å². The Labute approximate surface area is 162 Å². The van der Waals surface area contributed by atoms with Crippen molar-refractivity contribution in [2.45, 2.75) is 56.4 Å². The van der Waals surface area contributed by atoms with E-state index in [1.807, 2.05) is 26.8 Å². The fraction of sp³-hybridized carbons (Fsp3) is 0.667. The molecule has 3 heterocycles. The van der Waals surface area contributed by atoms with Crippen LogP contribution in [0.4, 0.5) is 4.79 Å². The number of hydrogen-bond donors (Lipinski definition) is 2. The Hall–Kier alpha value is -1.71. The first-order valence-corrected chi connectivity index (χ1v) is 10.2. The summed E-state index contributed by atoms with van der Waals surface area (Å²) in [4.78, 5) is 17.2. The Morgan fingerprint density at radius 3 is 2.67 bits per heavy atom. The molecule has 2 atom stereocenters. The van der Waals surface area contributed by atoms with Crippen molar-refractivity contribution in [3.05, 3.63) is 17.8 Å². The summed E-state index contributed by atoms with van der Waals surface area (Å²) in [6, 6.07) is 3.29. The van der Waals surface area contributed by atoms with Crippen molar-refractivity contribution < 1.29 is 23.9 Å². The second-order valence-corrected chi connectivity index (χ2v) is 10.0. The molecule has 0 saturated carbocycles. The number of carboxylic acid groups (broad SMARTS) is 1. The van der Waals surface area contributed by atoms with E-state index in [0.29, 0.717) is 49.7 Å². The number of rotatable bonds is 3. The van der Waals surface area contributed by atoms with Gasteiger partial charge in [0.1, 0.15) is 27.8 Å². The lowest BCUT2D eigenvalue weighted by Crippen LogP contribution is -2.54. The van der Waals surface area contributed by atoms with Gasteiger partial charge in [0.2, 0.25) is 5.88 Å². The molecule has 3 rings (SSSR count). The summed E-state index contributed by atoms with van der Waals surface area (Å²) in [6.45, 7) is 6.58. The van der Waals surface area contributed by atoms with Gasteiger partial charge in [0.25, 0.3) is 0 Å². The van der Waals surface area contributed by atoms with E-state index in [1.165, 1.54) is 4.90 Å². The van der Waals surface area contributed by atoms with E-state index < -0.39 is 27.8 Å². The number of fused-ring (bicyclic) bond motifs is 1. The first kappa shape index (κ1) is 20.0. The van der Waals surface area contributed by atoms with E-state index in [0.717, 1.165) is 0 Å². The largest absolute Gasteiger partial charge is 0.598 e. The van der Waals surface area contributed by atoms with Crippen LogP contribution in [0.15, 0.2) is 12.1 Å². The Kier molecular flexibility index (Phi) is 5.47. The molecule has 1 aromatic heterocycles. The van der Waals surface area contributed by atoms with Crippen molar-refractivity contribution in [3.63, 3.8) is 0 Å². The zero-order valence-electron chi connectivity index (χ0n) is 16.2. The molecule has 0 unspecified atom stereocenters. The number of nitrogens with one attached hydrogen (secondary N) is 1. The smallest absolute Gasteiger partial charge is 0.407 e. The van der Waals surface area contributed by atoms with E-state index in [-0.39, 0.29) is 6.04 Å². The van der Waals surface area contributed by atoms with Gasteiger partial charge in [0.05, 0.1) is 7.11 Å². The number of nitrogens with zero attached hydrogens (tertiary/aromatic N) is 2. The molecule has 150 valence electrons. The molecule has 0 radical (unpaired) electrons. The number of piperidine rings is 1. The van der Waals surface area contributed by atoms with Gasteiger partial charge in [-0.2, -0.15) is 0 Å². The summed E-state index contributed by atoms with van der Waals surface area (Å²) in [5.41, 5.74) is 0.188. The molecule has 1 aromatic rings. The normalized spacial score (nSPS) is 22.7. The van der Waals surface area contributed by atoms with Crippen molar-refractivity contribution in [2.24, 2.45) is 0 Å². The molecular weight excluding hydrogens is 370 g/mol. The highest BCUT2D eigenvalue weighted by molar-refractivity contribution is 7.90. The van der Waals surface area contributed by atoms with Crippen LogP contribution in [-0.2, 0) is 11.4 Å². The van der Waals surface area contributed by atoms with Crippen LogP contribution in [0.5, 0.6) is 11.6 Å². The van der Waals surface area contributed by atoms with Gasteiger partial charge < -0.3 is 24.0 Å². The molecule has 0 bridgehead atoms. The maximum Gasteiger partial charge on any atom is 0.407 e. The minimum absolute atomic E-state index is 0.264. The zero-order valence-corrected chi connectivity index (χ0v) is 17.0. The number of hydrogen-bond acceptors (Lipinski definition) is 6. The number of carbonyl (C=O) groups is 1. The minimum atomic E-state index is -1.28. The molecule has 1 fully saturated rings. The van der Waals surface area contributed by atoms with Gasteiger partial charge in [-0.05, 0) is 26.8 Å². The Morgan fingerprint density at radius 2 is 2.11 bits per heavy atom. The topological polar surface area (TPSA) is 107 Å². The molecule has 27 heavy (non-hydrogen) atoms. The lowest BCUT2D eigenvalue weighted by molar-refractivity contribution is -0.0204. The molecule has 0 aliphatic carbocycles. The molecule has 9 heteroatoms. The summed E-state index contributed by atoms with van der Waals surface area (Å²) in [7, 11) is 1.55. The van der Waals surface area contributed by atoms with Crippen LogP contribution in [0.1, 0.15) is 51.8 Å². The third-order valence-corrected chi connectivity index (χ3v) is 6.66. The maximum absolute atomic E-state index is 12.7. The summed E-state index contributed by atoms with van der Waals surface area (Å²) < 4.78 is 27.1. The van der Waals surface area contributed by atoms with Gasteiger partial charge in [-0.15, -0.1) is 4.72 Å². The monoisotopic (exact) mass is 397 g/mol. The highest BCUT2D eigenvalue weighted by Gasteiger charge is 2.46. The van der Waals surface area contributed by atoms with Crippen LogP contribution in [0.25, 0.3) is 0 Å². The Bertz CT molecular complexity index is 701. The van der Waals surface area contributed by atoms with Crippen molar-refractivity contribution in [2.75, 3.05) is 20.2 Å². The summed E-state index contributed by atoms with van der Waals surface area (Å²) >= 11 is -1.28. The maximum atomic E-state index is 12.7. The molecule has 1 amide bonds. The summed E-state index contributed by atoms with van der Waals surface area (Å²) in [5.74, 6) is 1.11. The quantitative estimate of drug-likeness (QED) is 0.755. The highest BCUT2D eigenvalue weighted by atomic mass is 32.2. The van der Waals surface area contributed by atoms with E-state index in [4.69, 9.17) is 9.47 Å². The third-order valence-electron chi connectivity index (χ3n) is 5.05. The lowest BCUT2D eigenvalue weighted by Gasteiger charge is -2.46. The second kappa shape index (κ2) is 7.37. The predicted molar refractivity (Wildman–Crippen MR) is 101 cm³/mol. The molecule has 2 N–H and O–H groups in total. The molecule has 8 nitrogen and oxygen atoms in total. The van der Waals surface area contributed by atoms with Gasteiger partial charge in [-0.3, -0.25) is 0 Å². The van der Waals surface area contributed by atoms with Gasteiger partial charge in [-0.25, -0.2) is 9.78 Å². The minimum Gasteiger partial charge on any atom is -0.598 e. The number of aromatic nitrogens is 1. The molecular formula is C18H27N3O5S. The van der Waals surface area contributed by atoms with E-state index in [1.54, 1.807) is 13.2 Å². The molecule has 0 aromatic carbocycles. The van der Waals surface area contributed by atoms with Crippen LogP contribution in [-0.4, -0.2) is 56.2 Å². The number of amides is 1. The SMILES string of the molecule is COc1ccc2c(n1)[C@@H](N[S@@+]([O-])C(C)(C)C)CC1(CCN(C(=O)O)CC1)O2. The lowest BCUT2D eigenvalue weighted by atomic mass is 9.82. The summed E-state index contributed by atoms with van der Waals surface area (Å²) in [6.07, 6.45) is 0.849. The van der Waals surface area contributed by atoms with E-state index in [2.05, 4.69) is 9.71 Å². The molecule has 1 spiro atoms. The summed E-state index contributed by atoms with van der Waals surface area (Å²) in [5, 5.41) is 9.21. The van der Waals surface area contributed by atoms with Crippen molar-refractivity contribution in [3.8, 4) is 11.6 Å². The average Bonchev–Trinajstić information content (AvgIpc) is 2.61. The average molecular weight is 397 g/mol. The first-order chi connectivity index (χ1) is 12.6. The van der Waals surface area contributed by atoms with E-state index >= 15 is 0 Å². The van der Waals surface area contributed by atoms with Crippen LogP contribution in [0.2, 0.25) is 0 Å². The zero-order chi connectivity index (χ0) is 19.8. The standard InChI is InChI=1S/C18H27N3O5S/c1-17(2,3)27(24)20-12-11-18(7-9-21(10-8-18)16(22)23)26-13-5-6-14(25-4)19-15(12)13/h5-6,12,20H,7-11H2,1-4H3,(H,22,23)/t12-,27-/m0/s1. The number of methoxy groups -OCH3 is 1. The molecule has 2 aliphatic rings. The third kappa shape index (κ3) is 4.25. The van der Waals surface area contributed by atoms with Crippen molar-refractivity contribution >= 4 is 17.5 Å². The van der Waals surface area contributed by atoms with Crippen molar-refractivity contribution in [1.82, 2.24) is 14.6 Å². The number of likely N-dealkylation sites (tertiary alicyclic amines) is 1. The fourth-order valence-electron chi connectivity index (χ4n) is 3.45. The predicted octanol–water partition coefficient (Wildman–Crippen LogP) is 2.48. The van der Waals surface area contributed by atoms with Crippen LogP contribution >= 0.6 is 0 Å². The fourth-order valence-corrected chi connectivity index (χ4v) is 4.26. The van der Waals surface area contributed by atoms with Crippen LogP contribution < -0.4 is 14.2 Å². The van der Waals surface area contributed by atoms with Gasteiger partial charge >= 0.3 is 6.09 Å². The number of ether oxygens (including phenoxy) is 2. The van der Waals surface area contributed by atoms with Gasteiger partial charge in [-0.1, -0.05) is 0 Å². The molecule has 1 saturated heterocycles. The van der Waals surface area contributed by atoms with Gasteiger partial charge in [0.15, 0.2) is 0 Å². The van der Waals surface area contributed by atoms with Gasteiger partial charge in [0, 0.05) is 49.8 Å². The molecule has 2 aliphatic heterocycles. The Morgan fingerprint density at radius 1 is 1.44 bits per heavy atom. The Balaban J connectivity index is 1.88. The highest BCUT2D eigenvalue weighted by Crippen LogP contribution is 2.44. The van der Waals surface area contributed by atoms with Crippen molar-refractivity contribution in [1.29, 1.82) is 0 Å².